The van der Waals surface area contributed by atoms with Crippen molar-refractivity contribution in [2.24, 2.45) is 0 Å². The molecular formula is C19H20Cl2OTi. The number of aliphatic hydroxyl groups excluding tert-OH is 1. The Bertz CT molecular complexity index is 735. The normalized spacial score (nSPS) is 17.3. The summed E-state index contributed by atoms with van der Waals surface area (Å²) >= 11 is 0. The van der Waals surface area contributed by atoms with Crippen molar-refractivity contribution in [2.75, 3.05) is 0 Å². The van der Waals surface area contributed by atoms with Crippen LogP contribution in [-0.4, -0.2) is 5.11 Å². The van der Waals surface area contributed by atoms with Gasteiger partial charge in [0.25, 0.3) is 0 Å². The molecule has 0 aromatic heterocycles. The molecule has 2 aromatic carbocycles. The maximum Gasteiger partial charge on any atom is 2.00 e. The van der Waals surface area contributed by atoms with E-state index in [1.807, 2.05) is 19.1 Å². The van der Waals surface area contributed by atoms with Gasteiger partial charge in [0.05, 0.1) is 6.10 Å². The van der Waals surface area contributed by atoms with E-state index in [9.17, 15) is 5.11 Å². The molecule has 0 aliphatic heterocycles. The van der Waals surface area contributed by atoms with Gasteiger partial charge < -0.3 is 29.9 Å². The number of hydrogen-bond acceptors (Lipinski definition) is 1. The molecule has 0 heterocycles. The number of aliphatic hydroxyl groups is 1. The second-order valence-electron chi connectivity index (χ2n) is 5.67. The summed E-state index contributed by atoms with van der Waals surface area (Å²) in [5, 5.41) is 12.6. The van der Waals surface area contributed by atoms with E-state index in [4.69, 9.17) is 0 Å². The van der Waals surface area contributed by atoms with E-state index in [1.165, 1.54) is 22.1 Å². The fourth-order valence-corrected chi connectivity index (χ4v) is 3.15. The number of hydrogen-bond donors (Lipinski definition) is 1. The Labute approximate surface area is 165 Å². The largest absolute Gasteiger partial charge is 2.00 e. The molecule has 0 saturated heterocycles. The average molecular weight is 383 g/mol. The first-order valence-corrected chi connectivity index (χ1v) is 7.14. The number of allylic oxidation sites excluding steroid dienone is 4. The van der Waals surface area contributed by atoms with Gasteiger partial charge in [0.15, 0.2) is 0 Å². The number of benzene rings is 2. The van der Waals surface area contributed by atoms with Crippen molar-refractivity contribution in [1.82, 2.24) is 0 Å². The van der Waals surface area contributed by atoms with Crippen LogP contribution in [0.15, 0.2) is 59.7 Å². The summed E-state index contributed by atoms with van der Waals surface area (Å²) in [5.41, 5.74) is 5.00. The Morgan fingerprint density at radius 3 is 2.22 bits per heavy atom. The zero-order valence-electron chi connectivity index (χ0n) is 13.5. The molecule has 4 heteroatoms. The molecule has 3 rings (SSSR count). The van der Waals surface area contributed by atoms with E-state index in [-0.39, 0.29) is 46.5 Å². The van der Waals surface area contributed by atoms with Gasteiger partial charge in [0.1, 0.15) is 0 Å². The molecule has 2 atom stereocenters. The Hall–Kier alpha value is -0.566. The third-order valence-corrected chi connectivity index (χ3v) is 4.38. The fourth-order valence-electron chi connectivity index (χ4n) is 3.15. The SMILES string of the molecule is CC1=C(C)C(c2ccc3ccccc3c2C(C)O)C=C1.[Cl-].[Cl-].[Ti+2]. The van der Waals surface area contributed by atoms with Crippen LogP contribution in [0.4, 0.5) is 0 Å². The van der Waals surface area contributed by atoms with E-state index in [2.05, 4.69) is 50.3 Å². The number of rotatable bonds is 2. The molecule has 1 N–H and O–H groups in total. The summed E-state index contributed by atoms with van der Waals surface area (Å²) in [7, 11) is 0. The van der Waals surface area contributed by atoms with Crippen LogP contribution < -0.4 is 24.8 Å². The monoisotopic (exact) mass is 382 g/mol. The topological polar surface area (TPSA) is 20.2 Å². The van der Waals surface area contributed by atoms with E-state index in [0.717, 1.165) is 10.9 Å². The molecule has 23 heavy (non-hydrogen) atoms. The summed E-state index contributed by atoms with van der Waals surface area (Å²) < 4.78 is 0. The zero-order chi connectivity index (χ0) is 14.3. The van der Waals surface area contributed by atoms with Crippen LogP contribution in [0.2, 0.25) is 0 Å². The maximum absolute atomic E-state index is 10.3. The molecule has 120 valence electrons. The van der Waals surface area contributed by atoms with Gasteiger partial charge in [-0.2, -0.15) is 0 Å². The first-order chi connectivity index (χ1) is 9.59. The van der Waals surface area contributed by atoms with Gasteiger partial charge in [0, 0.05) is 5.92 Å². The van der Waals surface area contributed by atoms with Crippen molar-refractivity contribution in [3.05, 3.63) is 70.8 Å². The summed E-state index contributed by atoms with van der Waals surface area (Å²) in [4.78, 5) is 0. The molecule has 2 unspecified atom stereocenters. The van der Waals surface area contributed by atoms with Crippen molar-refractivity contribution < 1.29 is 51.6 Å². The molecule has 2 aromatic rings. The van der Waals surface area contributed by atoms with E-state index < -0.39 is 6.10 Å². The Balaban J connectivity index is 0.00000161. The molecular weight excluding hydrogens is 363 g/mol. The van der Waals surface area contributed by atoms with Crippen LogP contribution in [-0.2, 0) is 21.7 Å². The summed E-state index contributed by atoms with van der Waals surface area (Å²) in [6, 6.07) is 12.6. The van der Waals surface area contributed by atoms with Crippen molar-refractivity contribution in [1.29, 1.82) is 0 Å². The van der Waals surface area contributed by atoms with Crippen molar-refractivity contribution in [3.63, 3.8) is 0 Å². The molecule has 1 aliphatic carbocycles. The van der Waals surface area contributed by atoms with Gasteiger partial charge in [-0.15, -0.1) is 0 Å². The second-order valence-corrected chi connectivity index (χ2v) is 5.67. The molecule has 0 bridgehead atoms. The maximum atomic E-state index is 10.3. The van der Waals surface area contributed by atoms with Crippen molar-refractivity contribution >= 4 is 10.8 Å². The van der Waals surface area contributed by atoms with E-state index in [0.29, 0.717) is 5.92 Å². The first kappa shape index (κ1) is 22.4. The Morgan fingerprint density at radius 1 is 1.00 bits per heavy atom. The molecule has 0 spiro atoms. The van der Waals surface area contributed by atoms with Crippen LogP contribution in [0.25, 0.3) is 10.8 Å². The van der Waals surface area contributed by atoms with Gasteiger partial charge in [-0.05, 0) is 42.7 Å². The van der Waals surface area contributed by atoms with Crippen molar-refractivity contribution in [2.45, 2.75) is 32.8 Å². The molecule has 1 aliphatic rings. The van der Waals surface area contributed by atoms with Crippen LogP contribution in [0.3, 0.4) is 0 Å². The zero-order valence-corrected chi connectivity index (χ0v) is 16.6. The van der Waals surface area contributed by atoms with Gasteiger partial charge >= 0.3 is 21.7 Å². The van der Waals surface area contributed by atoms with E-state index >= 15 is 0 Å². The fraction of sp³-hybridized carbons (Fsp3) is 0.263. The number of fused-ring (bicyclic) bond motifs is 1. The van der Waals surface area contributed by atoms with Crippen LogP contribution >= 0.6 is 0 Å². The minimum absolute atomic E-state index is 0. The average Bonchev–Trinajstić information content (AvgIpc) is 2.77. The molecule has 1 nitrogen and oxygen atoms in total. The van der Waals surface area contributed by atoms with Gasteiger partial charge in [-0.3, -0.25) is 0 Å². The summed E-state index contributed by atoms with van der Waals surface area (Å²) in [6.45, 7) is 6.19. The minimum atomic E-state index is -0.460. The third-order valence-electron chi connectivity index (χ3n) is 4.38. The Kier molecular flexibility index (Phi) is 8.83. The van der Waals surface area contributed by atoms with Gasteiger partial charge in [-0.25, -0.2) is 0 Å². The minimum Gasteiger partial charge on any atom is -1.00 e. The summed E-state index contributed by atoms with van der Waals surface area (Å²) in [6.07, 6.45) is 3.96. The predicted molar refractivity (Wildman–Crippen MR) is 84.8 cm³/mol. The van der Waals surface area contributed by atoms with Gasteiger partial charge in [0.2, 0.25) is 0 Å². The molecule has 0 fully saturated rings. The van der Waals surface area contributed by atoms with Crippen LogP contribution in [0, 0.1) is 0 Å². The summed E-state index contributed by atoms with van der Waals surface area (Å²) in [5.74, 6) is 0.296. The van der Waals surface area contributed by atoms with Gasteiger partial charge in [-0.1, -0.05) is 59.7 Å². The quantitative estimate of drug-likeness (QED) is 0.653. The smallest absolute Gasteiger partial charge is 1.00 e. The standard InChI is InChI=1S/C19H20O.2ClH.Ti/c1-12-8-10-16(13(12)2)18-11-9-15-6-4-5-7-17(15)19(18)14(3)20;;;/h4-11,14,16,20H,1-3H3;2*1H;/q;;;+2/p-2. The Morgan fingerprint density at radius 2 is 1.65 bits per heavy atom. The third kappa shape index (κ3) is 4.10. The van der Waals surface area contributed by atoms with Crippen molar-refractivity contribution in [3.8, 4) is 0 Å². The first-order valence-electron chi connectivity index (χ1n) is 7.14. The predicted octanol–water partition coefficient (Wildman–Crippen LogP) is -1.11. The molecule has 0 radical (unpaired) electrons. The van der Waals surface area contributed by atoms with Crippen LogP contribution in [0.5, 0.6) is 0 Å². The second kappa shape index (κ2) is 9.06. The van der Waals surface area contributed by atoms with Crippen LogP contribution in [0.1, 0.15) is 43.9 Å². The molecule has 0 saturated carbocycles. The molecule has 0 amide bonds. The number of halogens is 2. The van der Waals surface area contributed by atoms with E-state index in [1.54, 1.807) is 0 Å².